The Balaban J connectivity index is 1.88. The SMILES string of the molecule is CCN(CC)c1ccc(-c2nc(Cl)c(-c3ccc(OC)cc3)o2)cc1. The van der Waals surface area contributed by atoms with Gasteiger partial charge >= 0.3 is 0 Å². The Hall–Kier alpha value is -2.46. The van der Waals surface area contributed by atoms with E-state index in [-0.39, 0.29) is 0 Å². The normalized spacial score (nSPS) is 10.7. The minimum atomic E-state index is 0.355. The van der Waals surface area contributed by atoms with Crippen LogP contribution in [-0.4, -0.2) is 25.2 Å². The molecule has 0 aliphatic carbocycles. The number of rotatable bonds is 6. The summed E-state index contributed by atoms with van der Waals surface area (Å²) in [5, 5.41) is 0.355. The number of ether oxygens (including phenoxy) is 1. The van der Waals surface area contributed by atoms with E-state index < -0.39 is 0 Å². The summed E-state index contributed by atoms with van der Waals surface area (Å²) < 4.78 is 11.1. The van der Waals surface area contributed by atoms with Crippen molar-refractivity contribution in [2.75, 3.05) is 25.1 Å². The predicted molar refractivity (Wildman–Crippen MR) is 102 cm³/mol. The predicted octanol–water partition coefficient (Wildman–Crippen LogP) is 5.52. The van der Waals surface area contributed by atoms with E-state index in [0.29, 0.717) is 16.8 Å². The molecule has 0 aliphatic heterocycles. The van der Waals surface area contributed by atoms with Crippen molar-refractivity contribution >= 4 is 17.3 Å². The van der Waals surface area contributed by atoms with Crippen molar-refractivity contribution in [1.82, 2.24) is 4.98 Å². The Labute approximate surface area is 153 Å². The number of anilines is 1. The molecule has 4 nitrogen and oxygen atoms in total. The standard InChI is InChI=1S/C20H21ClN2O2/c1-4-23(5-2)16-10-6-15(7-11-16)20-22-19(21)18(25-20)14-8-12-17(24-3)13-9-14/h6-13H,4-5H2,1-3H3. The van der Waals surface area contributed by atoms with Gasteiger partial charge in [0.2, 0.25) is 5.89 Å². The van der Waals surface area contributed by atoms with Crippen LogP contribution in [0.5, 0.6) is 5.75 Å². The second kappa shape index (κ2) is 7.62. The zero-order chi connectivity index (χ0) is 17.8. The maximum absolute atomic E-state index is 6.29. The van der Waals surface area contributed by atoms with E-state index in [1.807, 2.05) is 36.4 Å². The van der Waals surface area contributed by atoms with Crippen LogP contribution in [0.3, 0.4) is 0 Å². The number of aromatic nitrogens is 1. The van der Waals surface area contributed by atoms with E-state index in [1.54, 1.807) is 7.11 Å². The molecule has 0 bridgehead atoms. The van der Waals surface area contributed by atoms with Crippen molar-refractivity contribution in [2.24, 2.45) is 0 Å². The fraction of sp³-hybridized carbons (Fsp3) is 0.250. The van der Waals surface area contributed by atoms with E-state index in [2.05, 4.69) is 35.9 Å². The highest BCUT2D eigenvalue weighted by atomic mass is 35.5. The first-order valence-corrected chi connectivity index (χ1v) is 8.70. The largest absolute Gasteiger partial charge is 0.497 e. The summed E-state index contributed by atoms with van der Waals surface area (Å²) in [6.07, 6.45) is 0. The molecule has 0 N–H and O–H groups in total. The third kappa shape index (κ3) is 3.64. The molecule has 1 aromatic heterocycles. The molecule has 0 unspecified atom stereocenters. The summed E-state index contributed by atoms with van der Waals surface area (Å²) in [7, 11) is 1.64. The van der Waals surface area contributed by atoms with Crippen LogP contribution in [0, 0.1) is 0 Å². The van der Waals surface area contributed by atoms with Gasteiger partial charge in [-0.2, -0.15) is 4.98 Å². The van der Waals surface area contributed by atoms with Crippen LogP contribution >= 0.6 is 11.6 Å². The monoisotopic (exact) mass is 356 g/mol. The highest BCUT2D eigenvalue weighted by molar-refractivity contribution is 6.31. The fourth-order valence-electron chi connectivity index (χ4n) is 2.75. The van der Waals surface area contributed by atoms with Crippen molar-refractivity contribution in [3.8, 4) is 28.5 Å². The maximum Gasteiger partial charge on any atom is 0.228 e. The number of nitrogens with zero attached hydrogens (tertiary/aromatic N) is 2. The van der Waals surface area contributed by atoms with Gasteiger partial charge in [-0.05, 0) is 62.4 Å². The molecule has 0 amide bonds. The summed E-state index contributed by atoms with van der Waals surface area (Å²) in [5.41, 5.74) is 2.95. The average Bonchev–Trinajstić information content (AvgIpc) is 3.05. The molecule has 0 spiro atoms. The van der Waals surface area contributed by atoms with Gasteiger partial charge in [0.25, 0.3) is 0 Å². The first kappa shape index (κ1) is 17.4. The zero-order valence-electron chi connectivity index (χ0n) is 14.6. The molecule has 0 fully saturated rings. The Morgan fingerprint density at radius 1 is 0.960 bits per heavy atom. The first-order chi connectivity index (χ1) is 12.2. The second-order valence-corrected chi connectivity index (χ2v) is 5.94. The van der Waals surface area contributed by atoms with Gasteiger partial charge < -0.3 is 14.1 Å². The number of oxazole rings is 1. The van der Waals surface area contributed by atoms with Crippen LogP contribution in [0.4, 0.5) is 5.69 Å². The zero-order valence-corrected chi connectivity index (χ0v) is 15.4. The topological polar surface area (TPSA) is 38.5 Å². The van der Waals surface area contributed by atoms with Crippen LogP contribution in [0.1, 0.15) is 13.8 Å². The van der Waals surface area contributed by atoms with Crippen molar-refractivity contribution in [2.45, 2.75) is 13.8 Å². The molecule has 25 heavy (non-hydrogen) atoms. The van der Waals surface area contributed by atoms with Crippen molar-refractivity contribution in [3.05, 3.63) is 53.7 Å². The summed E-state index contributed by atoms with van der Waals surface area (Å²) in [5.74, 6) is 1.86. The minimum absolute atomic E-state index is 0.355. The van der Waals surface area contributed by atoms with E-state index in [1.165, 1.54) is 5.69 Å². The van der Waals surface area contributed by atoms with E-state index in [9.17, 15) is 0 Å². The summed E-state index contributed by atoms with van der Waals surface area (Å²) in [6, 6.07) is 15.7. The molecule has 0 saturated carbocycles. The molecule has 0 radical (unpaired) electrons. The average molecular weight is 357 g/mol. The van der Waals surface area contributed by atoms with Gasteiger partial charge in [0.1, 0.15) is 5.75 Å². The lowest BCUT2D eigenvalue weighted by atomic mass is 10.2. The van der Waals surface area contributed by atoms with Crippen molar-refractivity contribution in [3.63, 3.8) is 0 Å². The van der Waals surface area contributed by atoms with Crippen molar-refractivity contribution < 1.29 is 9.15 Å². The number of hydrogen-bond donors (Lipinski definition) is 0. The lowest BCUT2D eigenvalue weighted by Gasteiger charge is -2.20. The van der Waals surface area contributed by atoms with E-state index >= 15 is 0 Å². The van der Waals surface area contributed by atoms with Crippen molar-refractivity contribution in [1.29, 1.82) is 0 Å². The second-order valence-electron chi connectivity index (χ2n) is 5.59. The molecular weight excluding hydrogens is 336 g/mol. The third-order valence-corrected chi connectivity index (χ3v) is 4.44. The van der Waals surface area contributed by atoms with Gasteiger partial charge in [-0.3, -0.25) is 0 Å². The van der Waals surface area contributed by atoms with Gasteiger partial charge in [-0.25, -0.2) is 0 Å². The fourth-order valence-corrected chi connectivity index (χ4v) is 2.97. The van der Waals surface area contributed by atoms with E-state index in [4.69, 9.17) is 20.8 Å². The highest BCUT2D eigenvalue weighted by Gasteiger charge is 2.15. The van der Waals surface area contributed by atoms with Crippen LogP contribution < -0.4 is 9.64 Å². The molecule has 0 atom stereocenters. The Morgan fingerprint density at radius 2 is 1.56 bits per heavy atom. The molecular formula is C20H21ClN2O2. The minimum Gasteiger partial charge on any atom is -0.497 e. The molecule has 3 aromatic rings. The molecule has 3 rings (SSSR count). The number of halogens is 1. The Bertz CT molecular complexity index is 822. The molecule has 5 heteroatoms. The Kier molecular flexibility index (Phi) is 5.29. The maximum atomic E-state index is 6.29. The van der Waals surface area contributed by atoms with Gasteiger partial charge in [0, 0.05) is 29.9 Å². The van der Waals surface area contributed by atoms with Gasteiger partial charge in [-0.1, -0.05) is 11.6 Å². The van der Waals surface area contributed by atoms with E-state index in [0.717, 1.165) is 30.0 Å². The summed E-state index contributed by atoms with van der Waals surface area (Å²) in [4.78, 5) is 6.66. The highest BCUT2D eigenvalue weighted by Crippen LogP contribution is 2.34. The smallest absolute Gasteiger partial charge is 0.228 e. The molecule has 2 aromatic carbocycles. The third-order valence-electron chi connectivity index (χ3n) is 4.18. The lowest BCUT2D eigenvalue weighted by Crippen LogP contribution is -2.21. The molecule has 0 saturated heterocycles. The van der Waals surface area contributed by atoms with Gasteiger partial charge in [-0.15, -0.1) is 0 Å². The summed E-state index contributed by atoms with van der Waals surface area (Å²) >= 11 is 6.29. The number of methoxy groups -OCH3 is 1. The quantitative estimate of drug-likeness (QED) is 0.583. The number of benzene rings is 2. The lowest BCUT2D eigenvalue weighted by molar-refractivity contribution is 0.415. The van der Waals surface area contributed by atoms with Crippen LogP contribution in [0.15, 0.2) is 52.9 Å². The van der Waals surface area contributed by atoms with Gasteiger partial charge in [0.05, 0.1) is 7.11 Å². The van der Waals surface area contributed by atoms with Gasteiger partial charge in [0.15, 0.2) is 10.9 Å². The molecule has 0 aliphatic rings. The van der Waals surface area contributed by atoms with Crippen LogP contribution in [0.25, 0.3) is 22.8 Å². The van der Waals surface area contributed by atoms with Crippen LogP contribution in [0.2, 0.25) is 5.15 Å². The van der Waals surface area contributed by atoms with Crippen LogP contribution in [-0.2, 0) is 0 Å². The number of hydrogen-bond acceptors (Lipinski definition) is 4. The summed E-state index contributed by atoms with van der Waals surface area (Å²) in [6.45, 7) is 6.24. The molecule has 130 valence electrons. The molecule has 1 heterocycles. The first-order valence-electron chi connectivity index (χ1n) is 8.32. The Morgan fingerprint density at radius 3 is 2.12 bits per heavy atom.